The Hall–Kier alpha value is -0.790. The summed E-state index contributed by atoms with van der Waals surface area (Å²) >= 11 is 1.54. The highest BCUT2D eigenvalue weighted by Crippen LogP contribution is 2.39. The zero-order chi connectivity index (χ0) is 14.9. The van der Waals surface area contributed by atoms with Gasteiger partial charge in [-0.3, -0.25) is 4.90 Å². The zero-order valence-corrected chi connectivity index (χ0v) is 12.6. The first-order chi connectivity index (χ1) is 9.35. The van der Waals surface area contributed by atoms with Crippen LogP contribution in [0.3, 0.4) is 0 Å². The molecular formula is C13H20F3N3S. The smallest absolute Gasteiger partial charge is 0.350 e. The second kappa shape index (κ2) is 5.91. The number of hydrogen-bond acceptors (Lipinski definition) is 4. The molecule has 0 amide bonds. The van der Waals surface area contributed by atoms with Gasteiger partial charge in [0.25, 0.3) is 0 Å². The number of fused-ring (bicyclic) bond motifs is 1. The zero-order valence-electron chi connectivity index (χ0n) is 11.8. The molecule has 114 valence electrons. The monoisotopic (exact) mass is 307 g/mol. The fourth-order valence-corrected chi connectivity index (χ4v) is 3.66. The van der Waals surface area contributed by atoms with Gasteiger partial charge in [0.05, 0.1) is 18.1 Å². The predicted octanol–water partition coefficient (Wildman–Crippen LogP) is 3.07. The number of anilines is 1. The summed E-state index contributed by atoms with van der Waals surface area (Å²) in [6.07, 6.45) is -4.89. The molecule has 0 spiro atoms. The number of alkyl halides is 3. The summed E-state index contributed by atoms with van der Waals surface area (Å²) in [7, 11) is 0. The van der Waals surface area contributed by atoms with Gasteiger partial charge in [0.1, 0.15) is 0 Å². The molecule has 0 aliphatic carbocycles. The third-order valence-corrected chi connectivity index (χ3v) is 5.10. The first-order valence-electron chi connectivity index (χ1n) is 6.71. The van der Waals surface area contributed by atoms with E-state index in [4.69, 9.17) is 5.73 Å². The van der Waals surface area contributed by atoms with Gasteiger partial charge in [-0.2, -0.15) is 13.2 Å². The molecule has 0 radical (unpaired) electrons. The van der Waals surface area contributed by atoms with Gasteiger partial charge in [0.2, 0.25) is 0 Å². The molecule has 1 aromatic rings. The van der Waals surface area contributed by atoms with Crippen LogP contribution in [0.4, 0.5) is 18.2 Å². The van der Waals surface area contributed by atoms with Gasteiger partial charge in [-0.1, -0.05) is 6.92 Å². The Kier molecular flexibility index (Phi) is 4.61. The minimum Gasteiger partial charge on any atom is -0.350 e. The van der Waals surface area contributed by atoms with Gasteiger partial charge in [-0.05, 0) is 19.0 Å². The highest BCUT2D eigenvalue weighted by Gasteiger charge is 2.31. The van der Waals surface area contributed by atoms with E-state index in [1.54, 1.807) is 11.3 Å². The summed E-state index contributed by atoms with van der Waals surface area (Å²) in [5.74, 6) is 0. The average molecular weight is 307 g/mol. The maximum atomic E-state index is 12.5. The molecule has 0 aromatic carbocycles. The van der Waals surface area contributed by atoms with Crippen LogP contribution >= 0.6 is 11.3 Å². The quantitative estimate of drug-likeness (QED) is 0.928. The van der Waals surface area contributed by atoms with E-state index < -0.39 is 12.6 Å². The Labute approximate surface area is 121 Å². The number of halogens is 3. The number of hydrogen-bond donors (Lipinski definition) is 1. The van der Waals surface area contributed by atoms with Gasteiger partial charge >= 0.3 is 6.18 Å². The molecular weight excluding hydrogens is 287 g/mol. The first-order valence-corrected chi connectivity index (χ1v) is 7.52. The largest absolute Gasteiger partial charge is 0.390 e. The number of nitrogens with two attached hydrogens (primary N) is 1. The Morgan fingerprint density at radius 2 is 2.05 bits per heavy atom. The molecule has 3 nitrogen and oxygen atoms in total. The average Bonchev–Trinajstić information content (AvgIpc) is 2.72. The van der Waals surface area contributed by atoms with Crippen molar-refractivity contribution in [1.82, 2.24) is 4.90 Å². The Morgan fingerprint density at radius 1 is 1.35 bits per heavy atom. The van der Waals surface area contributed by atoms with Crippen LogP contribution in [-0.4, -0.2) is 30.8 Å². The fraction of sp³-hybridized carbons (Fsp3) is 0.692. The van der Waals surface area contributed by atoms with Crippen molar-refractivity contribution < 1.29 is 13.2 Å². The van der Waals surface area contributed by atoms with E-state index >= 15 is 0 Å². The minimum absolute atomic E-state index is 0.0109. The third-order valence-electron chi connectivity index (χ3n) is 3.69. The normalized spacial score (nSPS) is 16.6. The van der Waals surface area contributed by atoms with E-state index in [-0.39, 0.29) is 6.54 Å². The molecule has 20 heavy (non-hydrogen) atoms. The van der Waals surface area contributed by atoms with Crippen molar-refractivity contribution in [1.29, 1.82) is 0 Å². The van der Waals surface area contributed by atoms with Crippen LogP contribution in [0, 0.1) is 6.92 Å². The minimum atomic E-state index is -4.11. The summed E-state index contributed by atoms with van der Waals surface area (Å²) in [6, 6.07) is 0. The molecule has 1 aromatic heterocycles. The lowest BCUT2D eigenvalue weighted by Crippen LogP contribution is -2.43. The van der Waals surface area contributed by atoms with Crippen LogP contribution in [-0.2, 0) is 13.1 Å². The van der Waals surface area contributed by atoms with E-state index in [0.717, 1.165) is 34.1 Å². The molecule has 1 aliphatic rings. The highest BCUT2D eigenvalue weighted by molar-refractivity contribution is 7.16. The van der Waals surface area contributed by atoms with Gasteiger partial charge in [0, 0.05) is 30.1 Å². The van der Waals surface area contributed by atoms with Crippen LogP contribution in [0.2, 0.25) is 0 Å². The van der Waals surface area contributed by atoms with Crippen LogP contribution in [0.5, 0.6) is 0 Å². The number of thiophene rings is 1. The summed E-state index contributed by atoms with van der Waals surface area (Å²) in [5, 5.41) is 0.969. The lowest BCUT2D eigenvalue weighted by Gasteiger charge is -2.36. The third kappa shape index (κ3) is 3.27. The van der Waals surface area contributed by atoms with Crippen molar-refractivity contribution in [2.45, 2.75) is 39.5 Å². The van der Waals surface area contributed by atoms with E-state index in [1.807, 2.05) is 18.7 Å². The Bertz CT molecular complexity index is 470. The lowest BCUT2D eigenvalue weighted by molar-refractivity contribution is -0.132. The summed E-state index contributed by atoms with van der Waals surface area (Å²) in [6.45, 7) is 6.69. The highest BCUT2D eigenvalue weighted by atomic mass is 32.1. The number of nitrogens with zero attached hydrogens (tertiary/aromatic N) is 2. The molecule has 0 unspecified atom stereocenters. The maximum Gasteiger partial charge on any atom is 0.390 e. The molecule has 2 heterocycles. The first kappa shape index (κ1) is 15.6. The maximum absolute atomic E-state index is 12.5. The van der Waals surface area contributed by atoms with E-state index in [9.17, 15) is 13.2 Å². The molecule has 7 heteroatoms. The molecule has 0 saturated heterocycles. The van der Waals surface area contributed by atoms with Crippen LogP contribution in [0.25, 0.3) is 0 Å². The van der Waals surface area contributed by atoms with Crippen molar-refractivity contribution in [2.75, 3.05) is 24.7 Å². The SMILES string of the molecule is CCN1Cc2c(sc(CN)c2C)N(CCC(F)(F)F)C1. The van der Waals surface area contributed by atoms with Gasteiger partial charge in [-0.15, -0.1) is 11.3 Å². The van der Waals surface area contributed by atoms with Crippen molar-refractivity contribution in [3.63, 3.8) is 0 Å². The van der Waals surface area contributed by atoms with Crippen molar-refractivity contribution in [2.24, 2.45) is 5.73 Å². The van der Waals surface area contributed by atoms with Gasteiger partial charge < -0.3 is 10.6 Å². The van der Waals surface area contributed by atoms with Crippen molar-refractivity contribution in [3.05, 3.63) is 16.0 Å². The fourth-order valence-electron chi connectivity index (χ4n) is 2.44. The summed E-state index contributed by atoms with van der Waals surface area (Å²) in [4.78, 5) is 5.07. The van der Waals surface area contributed by atoms with Crippen molar-refractivity contribution in [3.8, 4) is 0 Å². The topological polar surface area (TPSA) is 32.5 Å². The van der Waals surface area contributed by atoms with Crippen LogP contribution < -0.4 is 10.6 Å². The van der Waals surface area contributed by atoms with Crippen LogP contribution in [0.1, 0.15) is 29.3 Å². The van der Waals surface area contributed by atoms with E-state index in [0.29, 0.717) is 13.2 Å². The molecule has 1 aliphatic heterocycles. The molecule has 0 atom stereocenters. The van der Waals surface area contributed by atoms with E-state index in [2.05, 4.69) is 4.90 Å². The lowest BCUT2D eigenvalue weighted by atomic mass is 10.1. The van der Waals surface area contributed by atoms with Crippen molar-refractivity contribution >= 4 is 16.3 Å². The second-order valence-electron chi connectivity index (χ2n) is 5.05. The Morgan fingerprint density at radius 3 is 2.60 bits per heavy atom. The van der Waals surface area contributed by atoms with Gasteiger partial charge in [-0.25, -0.2) is 0 Å². The molecule has 0 fully saturated rings. The van der Waals surface area contributed by atoms with Gasteiger partial charge in [0.15, 0.2) is 0 Å². The molecule has 0 bridgehead atoms. The molecule has 2 N–H and O–H groups in total. The van der Waals surface area contributed by atoms with E-state index in [1.165, 1.54) is 0 Å². The number of rotatable bonds is 4. The molecule has 2 rings (SSSR count). The second-order valence-corrected chi connectivity index (χ2v) is 6.14. The molecule has 0 saturated carbocycles. The standard InChI is InChI=1S/C13H20F3N3S/c1-3-18-7-10-9(2)11(6-17)20-12(10)19(8-18)5-4-13(14,15)16/h3-8,17H2,1-2H3. The summed E-state index contributed by atoms with van der Waals surface area (Å²) < 4.78 is 37.4. The predicted molar refractivity (Wildman–Crippen MR) is 75.9 cm³/mol. The summed E-state index contributed by atoms with van der Waals surface area (Å²) in [5.41, 5.74) is 8.00. The Balaban J connectivity index is 2.25. The van der Waals surface area contributed by atoms with Crippen LogP contribution in [0.15, 0.2) is 0 Å².